The lowest BCUT2D eigenvalue weighted by atomic mass is 10.2. The molecule has 110 valence electrons. The molecule has 7 nitrogen and oxygen atoms in total. The Hall–Kier alpha value is -2.31. The fraction of sp³-hybridized carbons (Fsp3) is 0.462. The minimum atomic E-state index is -1.49. The Labute approximate surface area is 116 Å². The van der Waals surface area contributed by atoms with E-state index in [1.54, 1.807) is 20.8 Å². The van der Waals surface area contributed by atoms with Crippen molar-refractivity contribution in [1.29, 1.82) is 0 Å². The number of amides is 1. The summed E-state index contributed by atoms with van der Waals surface area (Å²) in [5, 5.41) is 2.28. The van der Waals surface area contributed by atoms with Crippen LogP contribution >= 0.6 is 0 Å². The molecule has 0 aliphatic heterocycles. The lowest BCUT2D eigenvalue weighted by Gasteiger charge is -2.15. The van der Waals surface area contributed by atoms with E-state index >= 15 is 0 Å². The van der Waals surface area contributed by atoms with E-state index in [0.717, 1.165) is 0 Å². The molecule has 0 aliphatic carbocycles. The first-order chi connectivity index (χ1) is 9.51. The van der Waals surface area contributed by atoms with Crippen LogP contribution < -0.4 is 5.32 Å². The van der Waals surface area contributed by atoms with Gasteiger partial charge in [-0.25, -0.2) is 9.59 Å². The van der Waals surface area contributed by atoms with Gasteiger partial charge >= 0.3 is 11.9 Å². The zero-order valence-corrected chi connectivity index (χ0v) is 11.6. The van der Waals surface area contributed by atoms with Crippen LogP contribution in [0.1, 0.15) is 30.0 Å². The molecule has 7 heteroatoms. The quantitative estimate of drug-likeness (QED) is 0.613. The lowest BCUT2D eigenvalue weighted by Crippen LogP contribution is -2.48. The number of aryl methyl sites for hydroxylation is 1. The highest BCUT2D eigenvalue weighted by molar-refractivity contribution is 6.05. The Bertz CT molecular complexity index is 475. The SMILES string of the molecule is CCOC(=O)C(NC(=O)c1ccoc1C)C(=O)OCC. The van der Waals surface area contributed by atoms with E-state index in [4.69, 9.17) is 13.9 Å². The van der Waals surface area contributed by atoms with Gasteiger partial charge in [0.2, 0.25) is 6.04 Å². The fourth-order valence-corrected chi connectivity index (χ4v) is 1.49. The first-order valence-corrected chi connectivity index (χ1v) is 6.19. The molecule has 1 aromatic heterocycles. The van der Waals surface area contributed by atoms with Gasteiger partial charge in [0.1, 0.15) is 5.76 Å². The zero-order chi connectivity index (χ0) is 15.1. The van der Waals surface area contributed by atoms with Crippen molar-refractivity contribution in [2.45, 2.75) is 26.8 Å². The number of carbonyl (C=O) groups is 3. The smallest absolute Gasteiger partial charge is 0.340 e. The number of hydrogen-bond acceptors (Lipinski definition) is 6. The average Bonchev–Trinajstić information content (AvgIpc) is 2.82. The molecule has 0 atom stereocenters. The maximum atomic E-state index is 12.0. The standard InChI is InChI=1S/C13H17NO6/c1-4-18-12(16)10(13(17)19-5-2)14-11(15)9-6-7-20-8(9)3/h6-7,10H,4-5H2,1-3H3,(H,14,15). The number of ether oxygens (including phenoxy) is 2. The van der Waals surface area contributed by atoms with Crippen molar-refractivity contribution in [3.05, 3.63) is 23.7 Å². The van der Waals surface area contributed by atoms with E-state index in [9.17, 15) is 14.4 Å². The summed E-state index contributed by atoms with van der Waals surface area (Å²) < 4.78 is 14.5. The summed E-state index contributed by atoms with van der Waals surface area (Å²) in [5.74, 6) is -1.95. The van der Waals surface area contributed by atoms with E-state index < -0.39 is 23.9 Å². The molecule has 20 heavy (non-hydrogen) atoms. The summed E-state index contributed by atoms with van der Waals surface area (Å²) in [5.41, 5.74) is 0.239. The highest BCUT2D eigenvalue weighted by atomic mass is 16.6. The molecule has 1 N–H and O–H groups in total. The van der Waals surface area contributed by atoms with Crippen molar-refractivity contribution in [1.82, 2.24) is 5.32 Å². The minimum Gasteiger partial charge on any atom is -0.469 e. The maximum absolute atomic E-state index is 12.0. The van der Waals surface area contributed by atoms with Gasteiger partial charge in [-0.1, -0.05) is 0 Å². The summed E-state index contributed by atoms with van der Waals surface area (Å²) in [6.07, 6.45) is 1.34. The summed E-state index contributed by atoms with van der Waals surface area (Å²) in [6, 6.07) is -0.0467. The van der Waals surface area contributed by atoms with Crippen molar-refractivity contribution in [2.24, 2.45) is 0 Å². The Kier molecular flexibility index (Phi) is 5.76. The van der Waals surface area contributed by atoms with Gasteiger partial charge in [0, 0.05) is 0 Å². The number of carbonyl (C=O) groups excluding carboxylic acids is 3. The molecule has 0 bridgehead atoms. The molecule has 1 amide bonds. The molecule has 0 unspecified atom stereocenters. The predicted molar refractivity (Wildman–Crippen MR) is 68.0 cm³/mol. The number of furan rings is 1. The Morgan fingerprint density at radius 2 is 1.75 bits per heavy atom. The first-order valence-electron chi connectivity index (χ1n) is 6.19. The third-order valence-corrected chi connectivity index (χ3v) is 2.42. The van der Waals surface area contributed by atoms with Gasteiger partial charge in [-0.15, -0.1) is 0 Å². The number of rotatable bonds is 6. The van der Waals surface area contributed by atoms with Crippen LogP contribution in [-0.2, 0) is 19.1 Å². The number of esters is 2. The summed E-state index contributed by atoms with van der Waals surface area (Å²) in [4.78, 5) is 35.3. The van der Waals surface area contributed by atoms with Crippen LogP contribution in [0.3, 0.4) is 0 Å². The molecular weight excluding hydrogens is 266 g/mol. The number of nitrogens with one attached hydrogen (secondary N) is 1. The third-order valence-electron chi connectivity index (χ3n) is 2.42. The van der Waals surface area contributed by atoms with Gasteiger partial charge < -0.3 is 19.2 Å². The van der Waals surface area contributed by atoms with E-state index in [-0.39, 0.29) is 18.8 Å². The molecule has 0 radical (unpaired) electrons. The zero-order valence-electron chi connectivity index (χ0n) is 11.6. The maximum Gasteiger partial charge on any atom is 0.340 e. The minimum absolute atomic E-state index is 0.0926. The fourth-order valence-electron chi connectivity index (χ4n) is 1.49. The predicted octanol–water partition coefficient (Wildman–Crippen LogP) is 0.813. The monoisotopic (exact) mass is 283 g/mol. The van der Waals surface area contributed by atoms with Crippen LogP contribution in [0.15, 0.2) is 16.7 Å². The summed E-state index contributed by atoms with van der Waals surface area (Å²) in [6.45, 7) is 4.98. The van der Waals surface area contributed by atoms with Crippen molar-refractivity contribution >= 4 is 17.8 Å². The van der Waals surface area contributed by atoms with Crippen molar-refractivity contribution in [3.63, 3.8) is 0 Å². The Balaban J connectivity index is 2.84. The van der Waals surface area contributed by atoms with Crippen molar-refractivity contribution < 1.29 is 28.3 Å². The molecule has 0 aromatic carbocycles. The summed E-state index contributed by atoms with van der Waals surface area (Å²) in [7, 11) is 0. The van der Waals surface area contributed by atoms with Gasteiger partial charge in [-0.2, -0.15) is 0 Å². The van der Waals surface area contributed by atoms with Crippen LogP contribution in [0.4, 0.5) is 0 Å². The average molecular weight is 283 g/mol. The van der Waals surface area contributed by atoms with E-state index in [2.05, 4.69) is 5.32 Å². The van der Waals surface area contributed by atoms with Crippen LogP contribution in [-0.4, -0.2) is 37.1 Å². The highest BCUT2D eigenvalue weighted by Gasteiger charge is 2.32. The molecule has 0 spiro atoms. The largest absolute Gasteiger partial charge is 0.469 e. The number of hydrogen-bond donors (Lipinski definition) is 1. The second kappa shape index (κ2) is 7.32. The molecule has 1 aromatic rings. The van der Waals surface area contributed by atoms with Crippen molar-refractivity contribution in [3.8, 4) is 0 Å². The van der Waals surface area contributed by atoms with Gasteiger partial charge in [0.15, 0.2) is 0 Å². The molecular formula is C13H17NO6. The molecule has 0 fully saturated rings. The van der Waals surface area contributed by atoms with E-state index in [1.165, 1.54) is 12.3 Å². The van der Waals surface area contributed by atoms with E-state index in [0.29, 0.717) is 5.76 Å². The second-order valence-corrected chi connectivity index (χ2v) is 3.80. The lowest BCUT2D eigenvalue weighted by molar-refractivity contribution is -0.157. The van der Waals surface area contributed by atoms with Crippen molar-refractivity contribution in [2.75, 3.05) is 13.2 Å². The van der Waals surface area contributed by atoms with E-state index in [1.807, 2.05) is 0 Å². The molecule has 1 rings (SSSR count). The third kappa shape index (κ3) is 3.84. The molecule has 1 heterocycles. The normalized spacial score (nSPS) is 10.2. The molecule has 0 saturated heterocycles. The van der Waals surface area contributed by atoms with Gasteiger partial charge in [0.05, 0.1) is 25.0 Å². The van der Waals surface area contributed by atoms with Gasteiger partial charge in [-0.05, 0) is 26.8 Å². The molecule has 0 aliphatic rings. The van der Waals surface area contributed by atoms with Crippen LogP contribution in [0.2, 0.25) is 0 Å². The molecule has 0 saturated carbocycles. The Morgan fingerprint density at radius 1 is 1.20 bits per heavy atom. The second-order valence-electron chi connectivity index (χ2n) is 3.80. The van der Waals surface area contributed by atoms with Crippen LogP contribution in [0, 0.1) is 6.92 Å². The van der Waals surface area contributed by atoms with Crippen LogP contribution in [0.5, 0.6) is 0 Å². The van der Waals surface area contributed by atoms with Crippen LogP contribution in [0.25, 0.3) is 0 Å². The topological polar surface area (TPSA) is 94.8 Å². The summed E-state index contributed by atoms with van der Waals surface area (Å²) >= 11 is 0. The highest BCUT2D eigenvalue weighted by Crippen LogP contribution is 2.09. The Morgan fingerprint density at radius 3 is 2.15 bits per heavy atom. The van der Waals surface area contributed by atoms with Gasteiger partial charge in [-0.3, -0.25) is 4.79 Å². The van der Waals surface area contributed by atoms with Gasteiger partial charge in [0.25, 0.3) is 5.91 Å². The first kappa shape index (κ1) is 15.7.